The minimum Gasteiger partial charge on any atom is -0.390 e. The lowest BCUT2D eigenvalue weighted by Crippen LogP contribution is -2.39. The lowest BCUT2D eigenvalue weighted by Gasteiger charge is -2.26. The number of anilines is 1. The summed E-state index contributed by atoms with van der Waals surface area (Å²) in [6.07, 6.45) is -0.0376. The van der Waals surface area contributed by atoms with Crippen LogP contribution < -0.4 is 10.2 Å². The lowest BCUT2D eigenvalue weighted by molar-refractivity contribution is 0.163. The predicted molar refractivity (Wildman–Crippen MR) is 79.6 cm³/mol. The first-order valence-corrected chi connectivity index (χ1v) is 6.82. The molecule has 0 saturated heterocycles. The fourth-order valence-electron chi connectivity index (χ4n) is 1.91. The van der Waals surface area contributed by atoms with E-state index < -0.39 is 6.10 Å². The van der Waals surface area contributed by atoms with Crippen molar-refractivity contribution in [2.75, 3.05) is 44.8 Å². The van der Waals surface area contributed by atoms with Crippen molar-refractivity contribution in [1.29, 1.82) is 5.26 Å². The first-order chi connectivity index (χ1) is 9.77. The Labute approximate surface area is 120 Å². The lowest BCUT2D eigenvalue weighted by atomic mass is 10.2. The summed E-state index contributed by atoms with van der Waals surface area (Å²) in [5, 5.41) is 21.9. The zero-order chi connectivity index (χ0) is 14.6. The van der Waals surface area contributed by atoms with Crippen molar-refractivity contribution in [3.63, 3.8) is 0 Å². The third-order valence-electron chi connectivity index (χ3n) is 2.91. The predicted octanol–water partition coefficient (Wildman–Crippen LogP) is 1.00. The Morgan fingerprint density at radius 1 is 1.40 bits per heavy atom. The Hall–Kier alpha value is -1.61. The molecule has 1 aromatic carbocycles. The van der Waals surface area contributed by atoms with Crippen LogP contribution in [0.5, 0.6) is 0 Å². The highest BCUT2D eigenvalue weighted by Gasteiger charge is 2.11. The SMILES string of the molecule is COCCNCC(O)CN(CCC#N)c1ccccc1. The van der Waals surface area contributed by atoms with Gasteiger partial charge >= 0.3 is 0 Å². The van der Waals surface area contributed by atoms with E-state index >= 15 is 0 Å². The zero-order valence-corrected chi connectivity index (χ0v) is 12.0. The molecule has 0 aromatic heterocycles. The van der Waals surface area contributed by atoms with Gasteiger partial charge in [0.1, 0.15) is 0 Å². The van der Waals surface area contributed by atoms with E-state index in [1.54, 1.807) is 7.11 Å². The fourth-order valence-corrected chi connectivity index (χ4v) is 1.91. The minimum absolute atomic E-state index is 0.443. The highest BCUT2D eigenvalue weighted by atomic mass is 16.5. The van der Waals surface area contributed by atoms with Gasteiger partial charge in [0.15, 0.2) is 0 Å². The summed E-state index contributed by atoms with van der Waals surface area (Å²) >= 11 is 0. The van der Waals surface area contributed by atoms with Gasteiger partial charge < -0.3 is 20.1 Å². The summed E-state index contributed by atoms with van der Waals surface area (Å²) in [5.41, 5.74) is 1.03. The molecule has 5 heteroatoms. The monoisotopic (exact) mass is 277 g/mol. The Bertz CT molecular complexity index is 392. The van der Waals surface area contributed by atoms with Crippen molar-refractivity contribution in [3.05, 3.63) is 30.3 Å². The molecule has 0 saturated carbocycles. The molecule has 1 unspecified atom stereocenters. The molecule has 0 spiro atoms. The smallest absolute Gasteiger partial charge is 0.0839 e. The molecule has 20 heavy (non-hydrogen) atoms. The summed E-state index contributed by atoms with van der Waals surface area (Å²) in [6.45, 7) is 2.99. The van der Waals surface area contributed by atoms with E-state index in [0.717, 1.165) is 12.2 Å². The number of aliphatic hydroxyl groups is 1. The first-order valence-electron chi connectivity index (χ1n) is 6.82. The Morgan fingerprint density at radius 2 is 2.15 bits per heavy atom. The van der Waals surface area contributed by atoms with E-state index in [4.69, 9.17) is 10.00 Å². The summed E-state index contributed by atoms with van der Waals surface area (Å²) in [7, 11) is 1.65. The van der Waals surface area contributed by atoms with Crippen molar-refractivity contribution >= 4 is 5.69 Å². The van der Waals surface area contributed by atoms with Crippen molar-refractivity contribution in [2.24, 2.45) is 0 Å². The molecule has 0 fully saturated rings. The zero-order valence-electron chi connectivity index (χ0n) is 12.0. The third kappa shape index (κ3) is 6.53. The molecule has 0 aliphatic carbocycles. The van der Waals surface area contributed by atoms with Crippen LogP contribution in [0.1, 0.15) is 6.42 Å². The molecule has 0 heterocycles. The molecule has 0 radical (unpaired) electrons. The van der Waals surface area contributed by atoms with Crippen molar-refractivity contribution in [2.45, 2.75) is 12.5 Å². The number of rotatable bonds is 10. The fraction of sp³-hybridized carbons (Fsp3) is 0.533. The molecule has 5 nitrogen and oxygen atoms in total. The molecule has 1 aromatic rings. The van der Waals surface area contributed by atoms with Crippen LogP contribution in [0.4, 0.5) is 5.69 Å². The summed E-state index contributed by atoms with van der Waals surface area (Å²) in [4.78, 5) is 2.03. The molecule has 1 rings (SSSR count). The summed E-state index contributed by atoms with van der Waals surface area (Å²) in [6, 6.07) is 12.0. The summed E-state index contributed by atoms with van der Waals surface area (Å²) < 4.78 is 4.94. The second-order valence-electron chi connectivity index (χ2n) is 4.54. The number of ether oxygens (including phenoxy) is 1. The average Bonchev–Trinajstić information content (AvgIpc) is 2.49. The van der Waals surface area contributed by atoms with Gasteiger partial charge in [-0.3, -0.25) is 0 Å². The molecule has 110 valence electrons. The first kappa shape index (κ1) is 16.4. The van der Waals surface area contributed by atoms with Crippen LogP contribution in [0.2, 0.25) is 0 Å². The number of methoxy groups -OCH3 is 1. The van der Waals surface area contributed by atoms with Gasteiger partial charge in [-0.2, -0.15) is 5.26 Å². The second-order valence-corrected chi connectivity index (χ2v) is 4.54. The number of hydrogen-bond donors (Lipinski definition) is 2. The highest BCUT2D eigenvalue weighted by Crippen LogP contribution is 2.13. The molecular weight excluding hydrogens is 254 g/mol. The topological polar surface area (TPSA) is 68.5 Å². The quantitative estimate of drug-likeness (QED) is 0.625. The van der Waals surface area contributed by atoms with Gasteiger partial charge in [0.05, 0.1) is 25.2 Å². The van der Waals surface area contributed by atoms with E-state index in [1.807, 2.05) is 35.2 Å². The van der Waals surface area contributed by atoms with Crippen LogP contribution in [0.3, 0.4) is 0 Å². The van der Waals surface area contributed by atoms with Crippen molar-refractivity contribution < 1.29 is 9.84 Å². The van der Waals surface area contributed by atoms with Gasteiger partial charge in [-0.15, -0.1) is 0 Å². The van der Waals surface area contributed by atoms with Crippen LogP contribution >= 0.6 is 0 Å². The number of benzene rings is 1. The van der Waals surface area contributed by atoms with Crippen LogP contribution in [0.15, 0.2) is 30.3 Å². The number of aliphatic hydroxyl groups excluding tert-OH is 1. The Kier molecular flexibility index (Phi) is 8.40. The molecule has 2 N–H and O–H groups in total. The van der Waals surface area contributed by atoms with E-state index in [1.165, 1.54) is 0 Å². The van der Waals surface area contributed by atoms with Gasteiger partial charge in [-0.1, -0.05) is 18.2 Å². The largest absolute Gasteiger partial charge is 0.390 e. The van der Waals surface area contributed by atoms with Crippen LogP contribution in [-0.2, 0) is 4.74 Å². The molecule has 0 bridgehead atoms. The van der Waals surface area contributed by atoms with Crippen molar-refractivity contribution in [3.8, 4) is 6.07 Å². The van der Waals surface area contributed by atoms with Crippen molar-refractivity contribution in [1.82, 2.24) is 5.32 Å². The third-order valence-corrected chi connectivity index (χ3v) is 2.91. The number of para-hydroxylation sites is 1. The number of hydrogen-bond acceptors (Lipinski definition) is 5. The maximum absolute atomic E-state index is 10.1. The molecular formula is C15H23N3O2. The van der Waals surface area contributed by atoms with Gasteiger partial charge in [0, 0.05) is 39.0 Å². The van der Waals surface area contributed by atoms with E-state index in [0.29, 0.717) is 32.7 Å². The van der Waals surface area contributed by atoms with Gasteiger partial charge in [0.25, 0.3) is 0 Å². The molecule has 1 atom stereocenters. The average molecular weight is 277 g/mol. The maximum Gasteiger partial charge on any atom is 0.0839 e. The van der Waals surface area contributed by atoms with Crippen LogP contribution in [-0.4, -0.2) is 51.1 Å². The van der Waals surface area contributed by atoms with Gasteiger partial charge in [0.2, 0.25) is 0 Å². The highest BCUT2D eigenvalue weighted by molar-refractivity contribution is 5.46. The second kappa shape index (κ2) is 10.2. The standard InChI is InChI=1S/C15H23N3O2/c1-20-11-9-17-12-15(19)13-18(10-5-8-16)14-6-3-2-4-7-14/h2-4,6-7,15,17,19H,5,9-13H2,1H3. The normalized spacial score (nSPS) is 11.8. The maximum atomic E-state index is 10.1. The van der Waals surface area contributed by atoms with E-state index in [-0.39, 0.29) is 0 Å². The molecule has 0 amide bonds. The molecule has 0 aliphatic heterocycles. The number of nitriles is 1. The number of nitrogens with one attached hydrogen (secondary N) is 1. The van der Waals surface area contributed by atoms with E-state index in [2.05, 4.69) is 11.4 Å². The van der Waals surface area contributed by atoms with Crippen LogP contribution in [0, 0.1) is 11.3 Å². The minimum atomic E-state index is -0.481. The Balaban J connectivity index is 2.46. The van der Waals surface area contributed by atoms with Gasteiger partial charge in [-0.25, -0.2) is 0 Å². The summed E-state index contributed by atoms with van der Waals surface area (Å²) in [5.74, 6) is 0. The Morgan fingerprint density at radius 3 is 2.80 bits per heavy atom. The van der Waals surface area contributed by atoms with E-state index in [9.17, 15) is 5.11 Å². The van der Waals surface area contributed by atoms with Crippen LogP contribution in [0.25, 0.3) is 0 Å². The van der Waals surface area contributed by atoms with Gasteiger partial charge in [-0.05, 0) is 12.1 Å². The number of nitrogens with zero attached hydrogens (tertiary/aromatic N) is 2. The molecule has 0 aliphatic rings.